The van der Waals surface area contributed by atoms with Gasteiger partial charge in [0.2, 0.25) is 0 Å². The second kappa shape index (κ2) is 5.44. The van der Waals surface area contributed by atoms with Crippen molar-refractivity contribution in [3.05, 3.63) is 59.0 Å². The first-order valence-electron chi connectivity index (χ1n) is 6.85. The maximum atomic E-state index is 11.0. The third-order valence-electron chi connectivity index (χ3n) is 3.44. The van der Waals surface area contributed by atoms with Crippen molar-refractivity contribution in [2.24, 2.45) is 7.05 Å². The first-order valence-corrected chi connectivity index (χ1v) is 6.85. The molecule has 0 atom stereocenters. The summed E-state index contributed by atoms with van der Waals surface area (Å²) in [5, 5.41) is 14.1. The number of carboxylic acids is 1. The SMILES string of the molecule is Cc1nn(C)cc1/C=C/c1ccc2cc(C(=O)O)ccc2n1. The predicted molar refractivity (Wildman–Crippen MR) is 85.6 cm³/mol. The Morgan fingerprint density at radius 3 is 2.73 bits per heavy atom. The van der Waals surface area contributed by atoms with Gasteiger partial charge in [0.15, 0.2) is 0 Å². The summed E-state index contributed by atoms with van der Waals surface area (Å²) in [6.07, 6.45) is 5.85. The highest BCUT2D eigenvalue weighted by Gasteiger charge is 2.04. The molecule has 0 radical (unpaired) electrons. The molecule has 1 aromatic carbocycles. The lowest BCUT2D eigenvalue weighted by atomic mass is 10.1. The number of fused-ring (bicyclic) bond motifs is 1. The van der Waals surface area contributed by atoms with Gasteiger partial charge in [-0.3, -0.25) is 4.68 Å². The van der Waals surface area contributed by atoms with E-state index in [2.05, 4.69) is 10.1 Å². The van der Waals surface area contributed by atoms with Crippen LogP contribution in [-0.2, 0) is 7.05 Å². The quantitative estimate of drug-likeness (QED) is 0.805. The fourth-order valence-corrected chi connectivity index (χ4v) is 2.32. The number of aromatic nitrogens is 3. The molecule has 0 aliphatic carbocycles. The van der Waals surface area contributed by atoms with Gasteiger partial charge in [0.05, 0.1) is 22.5 Å². The number of aromatic carboxylic acids is 1. The summed E-state index contributed by atoms with van der Waals surface area (Å²) in [5.41, 5.74) is 3.87. The molecule has 3 aromatic rings. The number of hydrogen-bond donors (Lipinski definition) is 1. The van der Waals surface area contributed by atoms with Crippen LogP contribution in [0.25, 0.3) is 23.1 Å². The number of pyridine rings is 1. The highest BCUT2D eigenvalue weighted by atomic mass is 16.4. The van der Waals surface area contributed by atoms with E-state index in [1.54, 1.807) is 22.9 Å². The maximum Gasteiger partial charge on any atom is 0.335 e. The van der Waals surface area contributed by atoms with Crippen LogP contribution in [0.1, 0.15) is 27.3 Å². The minimum atomic E-state index is -0.932. The standard InChI is InChI=1S/C17H15N3O2/c1-11-14(10-20(2)19-11)4-7-15-6-3-12-9-13(17(21)22)5-8-16(12)18-15/h3-10H,1-2H3,(H,21,22)/b7-4+. The molecule has 0 aliphatic heterocycles. The largest absolute Gasteiger partial charge is 0.478 e. The van der Waals surface area contributed by atoms with Crippen LogP contribution in [-0.4, -0.2) is 25.8 Å². The Kier molecular flexibility index (Phi) is 3.47. The third-order valence-corrected chi connectivity index (χ3v) is 3.44. The first-order chi connectivity index (χ1) is 10.5. The zero-order valence-corrected chi connectivity index (χ0v) is 12.3. The minimum absolute atomic E-state index is 0.267. The molecule has 1 N–H and O–H groups in total. The molecule has 110 valence electrons. The normalized spacial score (nSPS) is 11.4. The Morgan fingerprint density at radius 1 is 1.23 bits per heavy atom. The number of rotatable bonds is 3. The molecule has 2 heterocycles. The lowest BCUT2D eigenvalue weighted by Crippen LogP contribution is -1.95. The van der Waals surface area contributed by atoms with E-state index in [0.717, 1.165) is 27.9 Å². The Labute approximate surface area is 127 Å². The van der Waals surface area contributed by atoms with Gasteiger partial charge >= 0.3 is 5.97 Å². The zero-order valence-electron chi connectivity index (χ0n) is 12.3. The van der Waals surface area contributed by atoms with Gasteiger partial charge in [0.1, 0.15) is 0 Å². The van der Waals surface area contributed by atoms with Crippen molar-refractivity contribution in [3.63, 3.8) is 0 Å². The molecule has 2 aromatic heterocycles. The van der Waals surface area contributed by atoms with Gasteiger partial charge in [-0.05, 0) is 43.3 Å². The lowest BCUT2D eigenvalue weighted by molar-refractivity contribution is 0.0697. The monoisotopic (exact) mass is 293 g/mol. The fourth-order valence-electron chi connectivity index (χ4n) is 2.32. The van der Waals surface area contributed by atoms with E-state index in [4.69, 9.17) is 5.11 Å². The summed E-state index contributed by atoms with van der Waals surface area (Å²) in [5.74, 6) is -0.932. The van der Waals surface area contributed by atoms with E-state index in [1.165, 1.54) is 0 Å². The Morgan fingerprint density at radius 2 is 2.05 bits per heavy atom. The Bertz CT molecular complexity index is 894. The van der Waals surface area contributed by atoms with Crippen LogP contribution in [0.3, 0.4) is 0 Å². The average molecular weight is 293 g/mol. The van der Waals surface area contributed by atoms with Crippen LogP contribution in [0.15, 0.2) is 36.5 Å². The van der Waals surface area contributed by atoms with Crippen molar-refractivity contribution in [1.82, 2.24) is 14.8 Å². The Balaban J connectivity index is 1.93. The summed E-state index contributed by atoms with van der Waals surface area (Å²) in [6, 6.07) is 8.67. The first kappa shape index (κ1) is 14.0. The second-order valence-electron chi connectivity index (χ2n) is 5.13. The number of carboxylic acid groups (broad SMARTS) is 1. The van der Waals surface area contributed by atoms with Gasteiger partial charge in [0.25, 0.3) is 0 Å². The van der Waals surface area contributed by atoms with E-state index >= 15 is 0 Å². The molecule has 3 rings (SSSR count). The van der Waals surface area contributed by atoms with Crippen LogP contribution in [0.2, 0.25) is 0 Å². The summed E-state index contributed by atoms with van der Waals surface area (Å²) in [7, 11) is 1.89. The molecule has 5 heteroatoms. The molecule has 0 saturated heterocycles. The van der Waals surface area contributed by atoms with E-state index in [1.807, 2.05) is 44.5 Å². The van der Waals surface area contributed by atoms with Gasteiger partial charge < -0.3 is 5.11 Å². The molecule has 0 amide bonds. The Hall–Kier alpha value is -2.95. The minimum Gasteiger partial charge on any atom is -0.478 e. The molecule has 0 bridgehead atoms. The summed E-state index contributed by atoms with van der Waals surface area (Å²) < 4.78 is 1.77. The van der Waals surface area contributed by atoms with Gasteiger partial charge in [0, 0.05) is 24.2 Å². The molecule has 0 saturated carbocycles. The molecular weight excluding hydrogens is 278 g/mol. The number of carbonyl (C=O) groups is 1. The zero-order chi connectivity index (χ0) is 15.7. The number of hydrogen-bond acceptors (Lipinski definition) is 3. The van der Waals surface area contributed by atoms with Crippen molar-refractivity contribution in [1.29, 1.82) is 0 Å². The topological polar surface area (TPSA) is 68.0 Å². The predicted octanol–water partition coefficient (Wildman–Crippen LogP) is 3.15. The maximum absolute atomic E-state index is 11.0. The number of aryl methyl sites for hydroxylation is 2. The van der Waals surface area contributed by atoms with Crippen LogP contribution in [0.5, 0.6) is 0 Å². The van der Waals surface area contributed by atoms with Crippen LogP contribution in [0, 0.1) is 6.92 Å². The molecule has 0 fully saturated rings. The van der Waals surface area contributed by atoms with Crippen LogP contribution >= 0.6 is 0 Å². The molecule has 5 nitrogen and oxygen atoms in total. The van der Waals surface area contributed by atoms with E-state index in [-0.39, 0.29) is 5.56 Å². The molecule has 0 spiro atoms. The molecule has 22 heavy (non-hydrogen) atoms. The summed E-state index contributed by atoms with van der Waals surface area (Å²) >= 11 is 0. The van der Waals surface area contributed by atoms with E-state index in [9.17, 15) is 4.79 Å². The fraction of sp³-hybridized carbons (Fsp3) is 0.118. The van der Waals surface area contributed by atoms with Gasteiger partial charge in [-0.1, -0.05) is 6.07 Å². The van der Waals surface area contributed by atoms with E-state index in [0.29, 0.717) is 0 Å². The van der Waals surface area contributed by atoms with Crippen molar-refractivity contribution in [2.75, 3.05) is 0 Å². The number of benzene rings is 1. The van der Waals surface area contributed by atoms with Crippen LogP contribution < -0.4 is 0 Å². The third kappa shape index (κ3) is 2.74. The average Bonchev–Trinajstić information content (AvgIpc) is 2.82. The van der Waals surface area contributed by atoms with E-state index < -0.39 is 5.97 Å². The number of nitrogens with zero attached hydrogens (tertiary/aromatic N) is 3. The smallest absolute Gasteiger partial charge is 0.335 e. The van der Waals surface area contributed by atoms with Gasteiger partial charge in [-0.15, -0.1) is 0 Å². The van der Waals surface area contributed by atoms with Crippen molar-refractivity contribution in [2.45, 2.75) is 6.92 Å². The van der Waals surface area contributed by atoms with Crippen molar-refractivity contribution < 1.29 is 9.90 Å². The lowest BCUT2D eigenvalue weighted by Gasteiger charge is -2.01. The summed E-state index contributed by atoms with van der Waals surface area (Å²) in [6.45, 7) is 1.96. The van der Waals surface area contributed by atoms with Crippen molar-refractivity contribution >= 4 is 29.0 Å². The van der Waals surface area contributed by atoms with Crippen LogP contribution in [0.4, 0.5) is 0 Å². The molecular formula is C17H15N3O2. The second-order valence-corrected chi connectivity index (χ2v) is 5.13. The van der Waals surface area contributed by atoms with Gasteiger partial charge in [-0.2, -0.15) is 5.10 Å². The highest BCUT2D eigenvalue weighted by Crippen LogP contribution is 2.17. The highest BCUT2D eigenvalue weighted by molar-refractivity contribution is 5.93. The molecule has 0 unspecified atom stereocenters. The molecule has 0 aliphatic rings. The van der Waals surface area contributed by atoms with Gasteiger partial charge in [-0.25, -0.2) is 9.78 Å². The summed E-state index contributed by atoms with van der Waals surface area (Å²) in [4.78, 5) is 15.5. The van der Waals surface area contributed by atoms with Crippen molar-refractivity contribution in [3.8, 4) is 0 Å².